The second-order valence-electron chi connectivity index (χ2n) is 6.26. The number of nitrogens with zero attached hydrogens (tertiary/aromatic N) is 3. The normalized spacial score (nSPS) is 17.5. The summed E-state index contributed by atoms with van der Waals surface area (Å²) in [4.78, 5) is 2.01. The molecule has 1 atom stereocenters. The third-order valence-electron chi connectivity index (χ3n) is 4.53. The molecule has 2 aromatic carbocycles. The van der Waals surface area contributed by atoms with E-state index in [1.54, 1.807) is 12.1 Å². The summed E-state index contributed by atoms with van der Waals surface area (Å²) in [5.41, 5.74) is 1.66. The highest BCUT2D eigenvalue weighted by Gasteiger charge is 2.30. The van der Waals surface area contributed by atoms with Crippen molar-refractivity contribution in [1.82, 2.24) is 9.21 Å². The Morgan fingerprint density at radius 1 is 1.00 bits per heavy atom. The van der Waals surface area contributed by atoms with Crippen LogP contribution in [0.3, 0.4) is 0 Å². The number of benzene rings is 2. The van der Waals surface area contributed by atoms with Gasteiger partial charge in [0.15, 0.2) is 0 Å². The average molecular weight is 390 g/mol. The topological polar surface area (TPSA) is 64.4 Å². The lowest BCUT2D eigenvalue weighted by molar-refractivity contribution is 0.162. The molecule has 1 fully saturated rings. The third kappa shape index (κ3) is 4.43. The summed E-state index contributed by atoms with van der Waals surface area (Å²) in [6.07, 6.45) is 0. The van der Waals surface area contributed by atoms with E-state index in [4.69, 9.17) is 11.6 Å². The smallest absolute Gasteiger partial charge is 0.218 e. The first-order chi connectivity index (χ1) is 12.5. The van der Waals surface area contributed by atoms with Gasteiger partial charge in [0.05, 0.1) is 11.8 Å². The fourth-order valence-electron chi connectivity index (χ4n) is 3.13. The van der Waals surface area contributed by atoms with E-state index >= 15 is 0 Å². The van der Waals surface area contributed by atoms with Gasteiger partial charge in [-0.05, 0) is 23.3 Å². The fraction of sp³-hybridized carbons (Fsp3) is 0.316. The summed E-state index contributed by atoms with van der Waals surface area (Å²) in [6.45, 7) is 1.83. The van der Waals surface area contributed by atoms with E-state index in [9.17, 15) is 13.7 Å². The highest BCUT2D eigenvalue weighted by atomic mass is 35.5. The van der Waals surface area contributed by atoms with Crippen LogP contribution in [0.25, 0.3) is 0 Å². The largest absolute Gasteiger partial charge is 0.282 e. The van der Waals surface area contributed by atoms with E-state index in [2.05, 4.69) is 6.07 Å². The van der Waals surface area contributed by atoms with Crippen molar-refractivity contribution in [3.05, 3.63) is 70.7 Å². The van der Waals surface area contributed by atoms with Gasteiger partial charge < -0.3 is 0 Å². The summed E-state index contributed by atoms with van der Waals surface area (Å²) >= 11 is 5.91. The number of halogens is 1. The molecule has 0 aliphatic carbocycles. The van der Waals surface area contributed by atoms with Crippen LogP contribution in [0, 0.1) is 11.3 Å². The lowest BCUT2D eigenvalue weighted by Crippen LogP contribution is -2.49. The summed E-state index contributed by atoms with van der Waals surface area (Å²) in [7, 11) is -3.36. The molecule has 0 N–H and O–H groups in total. The molecule has 7 heteroatoms. The van der Waals surface area contributed by atoms with Gasteiger partial charge in [-0.15, -0.1) is 0 Å². The summed E-state index contributed by atoms with van der Waals surface area (Å²) in [5.74, 6) is 0.00665. The Kier molecular flexibility index (Phi) is 5.94. The SMILES string of the molecule is N#CC(c1ccc(Cl)cc1)N1CCN(S(=O)(=O)Cc2ccccc2)CC1. The van der Waals surface area contributed by atoms with E-state index in [1.165, 1.54) is 4.31 Å². The summed E-state index contributed by atoms with van der Waals surface area (Å²) < 4.78 is 26.8. The number of sulfonamides is 1. The van der Waals surface area contributed by atoms with Gasteiger partial charge >= 0.3 is 0 Å². The fourth-order valence-corrected chi connectivity index (χ4v) is 4.77. The van der Waals surface area contributed by atoms with Crippen molar-refractivity contribution in [3.63, 3.8) is 0 Å². The predicted molar refractivity (Wildman–Crippen MR) is 102 cm³/mol. The maximum Gasteiger partial charge on any atom is 0.218 e. The van der Waals surface area contributed by atoms with E-state index < -0.39 is 16.1 Å². The molecule has 1 unspecified atom stereocenters. The minimum atomic E-state index is -3.36. The Bertz CT molecular complexity index is 871. The Balaban J connectivity index is 1.64. The Hall–Kier alpha value is -1.91. The Morgan fingerprint density at radius 3 is 2.19 bits per heavy atom. The number of hydrogen-bond donors (Lipinski definition) is 0. The maximum atomic E-state index is 12.6. The molecular formula is C19H20ClN3O2S. The van der Waals surface area contributed by atoms with Crippen LogP contribution in [0.4, 0.5) is 0 Å². The van der Waals surface area contributed by atoms with Crippen molar-refractivity contribution in [2.24, 2.45) is 0 Å². The zero-order chi connectivity index (χ0) is 18.6. The van der Waals surface area contributed by atoms with Crippen molar-refractivity contribution >= 4 is 21.6 Å². The molecule has 0 saturated carbocycles. The minimum Gasteiger partial charge on any atom is -0.282 e. The maximum absolute atomic E-state index is 12.6. The molecule has 2 aromatic rings. The minimum absolute atomic E-state index is 0.00665. The van der Waals surface area contributed by atoms with Crippen molar-refractivity contribution in [2.75, 3.05) is 26.2 Å². The first-order valence-corrected chi connectivity index (χ1v) is 10.4. The zero-order valence-electron chi connectivity index (χ0n) is 14.3. The molecule has 0 bridgehead atoms. The van der Waals surface area contributed by atoms with Gasteiger partial charge in [0.25, 0.3) is 0 Å². The molecule has 0 spiro atoms. The molecule has 0 radical (unpaired) electrons. The number of rotatable bonds is 5. The third-order valence-corrected chi connectivity index (χ3v) is 6.63. The highest BCUT2D eigenvalue weighted by molar-refractivity contribution is 7.88. The second kappa shape index (κ2) is 8.19. The Morgan fingerprint density at radius 2 is 1.62 bits per heavy atom. The lowest BCUT2D eigenvalue weighted by Gasteiger charge is -2.36. The number of hydrogen-bond acceptors (Lipinski definition) is 4. The lowest BCUT2D eigenvalue weighted by atomic mass is 10.1. The Labute approximate surface area is 159 Å². The molecule has 3 rings (SSSR count). The van der Waals surface area contributed by atoms with E-state index in [1.807, 2.05) is 47.4 Å². The molecule has 136 valence electrons. The van der Waals surface area contributed by atoms with Crippen LogP contribution in [0.5, 0.6) is 0 Å². The van der Waals surface area contributed by atoms with Crippen LogP contribution in [0.1, 0.15) is 17.2 Å². The molecule has 1 saturated heterocycles. The van der Waals surface area contributed by atoms with Gasteiger partial charge in [-0.1, -0.05) is 54.1 Å². The van der Waals surface area contributed by atoms with Crippen molar-refractivity contribution in [3.8, 4) is 6.07 Å². The second-order valence-corrected chi connectivity index (χ2v) is 8.67. The monoisotopic (exact) mass is 389 g/mol. The predicted octanol–water partition coefficient (Wildman–Crippen LogP) is 3.05. The average Bonchev–Trinajstić information content (AvgIpc) is 2.65. The van der Waals surface area contributed by atoms with Gasteiger partial charge in [0.2, 0.25) is 10.0 Å². The first kappa shape index (κ1) is 18.9. The van der Waals surface area contributed by atoms with E-state index in [0.717, 1.165) is 11.1 Å². The summed E-state index contributed by atoms with van der Waals surface area (Å²) in [6, 6.07) is 18.3. The van der Waals surface area contributed by atoms with Gasteiger partial charge in [0.1, 0.15) is 6.04 Å². The van der Waals surface area contributed by atoms with Crippen molar-refractivity contribution < 1.29 is 8.42 Å². The van der Waals surface area contributed by atoms with Crippen molar-refractivity contribution in [1.29, 1.82) is 5.26 Å². The zero-order valence-corrected chi connectivity index (χ0v) is 15.8. The summed E-state index contributed by atoms with van der Waals surface area (Å²) in [5, 5.41) is 10.2. The van der Waals surface area contributed by atoms with E-state index in [-0.39, 0.29) is 5.75 Å². The van der Waals surface area contributed by atoms with Gasteiger partial charge in [0, 0.05) is 31.2 Å². The molecular weight excluding hydrogens is 370 g/mol. The molecule has 1 aliphatic heterocycles. The van der Waals surface area contributed by atoms with Crippen LogP contribution in [-0.2, 0) is 15.8 Å². The van der Waals surface area contributed by atoms with Crippen molar-refractivity contribution in [2.45, 2.75) is 11.8 Å². The number of nitriles is 1. The molecule has 1 aliphatic rings. The highest BCUT2D eigenvalue weighted by Crippen LogP contribution is 2.24. The molecule has 1 heterocycles. The van der Waals surface area contributed by atoms with Crippen LogP contribution in [0.2, 0.25) is 5.02 Å². The van der Waals surface area contributed by atoms with Crippen LogP contribution >= 0.6 is 11.6 Å². The quantitative estimate of drug-likeness (QED) is 0.788. The van der Waals surface area contributed by atoms with E-state index in [0.29, 0.717) is 31.2 Å². The van der Waals surface area contributed by atoms with Gasteiger partial charge in [-0.2, -0.15) is 9.57 Å². The first-order valence-electron chi connectivity index (χ1n) is 8.40. The van der Waals surface area contributed by atoms with Gasteiger partial charge in [-0.25, -0.2) is 8.42 Å². The standard InChI is InChI=1S/C19H20ClN3O2S/c20-18-8-6-17(7-9-18)19(14-21)22-10-12-23(13-11-22)26(24,25)15-16-4-2-1-3-5-16/h1-9,19H,10-13,15H2. The molecule has 26 heavy (non-hydrogen) atoms. The van der Waals surface area contributed by atoms with Crippen LogP contribution < -0.4 is 0 Å². The number of piperazine rings is 1. The molecule has 5 nitrogen and oxygen atoms in total. The van der Waals surface area contributed by atoms with Crippen LogP contribution in [0.15, 0.2) is 54.6 Å². The van der Waals surface area contributed by atoms with Gasteiger partial charge in [-0.3, -0.25) is 4.90 Å². The van der Waals surface area contributed by atoms with Crippen LogP contribution in [-0.4, -0.2) is 43.8 Å². The molecule has 0 aromatic heterocycles. The molecule has 0 amide bonds.